The second-order valence-corrected chi connectivity index (χ2v) is 5.16. The highest BCUT2D eigenvalue weighted by Gasteiger charge is 2.17. The number of amides is 1. The number of carboxylic acid groups (broad SMARTS) is 1. The average molecular weight is 359 g/mol. The number of benzene rings is 2. The van der Waals surface area contributed by atoms with Gasteiger partial charge < -0.3 is 15.2 Å². The van der Waals surface area contributed by atoms with Crippen LogP contribution in [0.1, 0.15) is 27.9 Å². The average Bonchev–Trinajstić information content (AvgIpc) is 2.59. The molecule has 0 saturated carbocycles. The number of carbonyl (C=O) groups is 2. The van der Waals surface area contributed by atoms with Crippen LogP contribution in [0, 0.1) is 23.5 Å². The van der Waals surface area contributed by atoms with Gasteiger partial charge in [0.1, 0.15) is 23.8 Å². The third kappa shape index (κ3) is 5.60. The fraction of sp³-hybridized carbons (Fsp3) is 0.158. The first-order chi connectivity index (χ1) is 12.5. The molecule has 0 aliphatic rings. The third-order valence-corrected chi connectivity index (χ3v) is 3.22. The van der Waals surface area contributed by atoms with Crippen LogP contribution in [-0.2, 0) is 11.3 Å². The summed E-state index contributed by atoms with van der Waals surface area (Å²) in [5, 5.41) is 11.2. The fourth-order valence-corrected chi connectivity index (χ4v) is 2.02. The van der Waals surface area contributed by atoms with Gasteiger partial charge in [0.15, 0.2) is 0 Å². The van der Waals surface area contributed by atoms with Gasteiger partial charge in [-0.05, 0) is 17.7 Å². The number of hydrogen-bond donors (Lipinski definition) is 2. The molecule has 26 heavy (non-hydrogen) atoms. The van der Waals surface area contributed by atoms with Crippen LogP contribution in [0.25, 0.3) is 0 Å². The summed E-state index contributed by atoms with van der Waals surface area (Å²) in [6, 6.07) is 10.9. The molecule has 0 aromatic heterocycles. The summed E-state index contributed by atoms with van der Waals surface area (Å²) in [5.41, 5.74) is -0.147. The number of ether oxygens (including phenoxy) is 1. The fourth-order valence-electron chi connectivity index (χ4n) is 2.02. The van der Waals surface area contributed by atoms with Crippen LogP contribution in [-0.4, -0.2) is 23.7 Å². The lowest BCUT2D eigenvalue weighted by Gasteiger charge is -2.05. The molecule has 2 aromatic rings. The molecule has 0 unspecified atom stereocenters. The predicted molar refractivity (Wildman–Crippen MR) is 89.4 cm³/mol. The number of alkyl carbamates (subject to hydrolysis) is 1. The molecule has 1 amide bonds. The zero-order valence-corrected chi connectivity index (χ0v) is 13.6. The zero-order chi connectivity index (χ0) is 18.9. The molecule has 0 spiro atoms. The summed E-state index contributed by atoms with van der Waals surface area (Å²) in [7, 11) is 0. The Morgan fingerprint density at radius 3 is 2.38 bits per heavy atom. The highest BCUT2D eigenvalue weighted by molar-refractivity contribution is 5.88. The molecule has 2 aromatic carbocycles. The molecule has 2 N–H and O–H groups in total. The summed E-state index contributed by atoms with van der Waals surface area (Å²) >= 11 is 0. The number of carbonyl (C=O) groups excluding carboxylic acids is 1. The van der Waals surface area contributed by atoms with E-state index in [1.165, 1.54) is 0 Å². The molecular weight excluding hydrogens is 344 g/mol. The number of carboxylic acids is 1. The number of nitrogens with one attached hydrogen (secondary N) is 1. The van der Waals surface area contributed by atoms with Crippen LogP contribution in [0.4, 0.5) is 13.6 Å². The smallest absolute Gasteiger partial charge is 0.407 e. The zero-order valence-electron chi connectivity index (χ0n) is 13.6. The molecule has 0 bridgehead atoms. The first-order valence-corrected chi connectivity index (χ1v) is 7.63. The lowest BCUT2D eigenvalue weighted by atomic mass is 10.1. The molecule has 0 radical (unpaired) electrons. The Hall–Kier alpha value is -3.40. The Bertz CT molecular complexity index is 834. The monoisotopic (exact) mass is 359 g/mol. The largest absolute Gasteiger partial charge is 0.477 e. The van der Waals surface area contributed by atoms with Crippen molar-refractivity contribution < 1.29 is 28.2 Å². The van der Waals surface area contributed by atoms with Crippen molar-refractivity contribution in [2.75, 3.05) is 6.54 Å². The SMILES string of the molecule is O=C(NCCC#Cc1cc(F)c(C(=O)O)c(F)c1)OCc1ccccc1. The van der Waals surface area contributed by atoms with Crippen molar-refractivity contribution in [1.29, 1.82) is 0 Å². The number of hydrogen-bond acceptors (Lipinski definition) is 3. The van der Waals surface area contributed by atoms with Crippen LogP contribution in [0.5, 0.6) is 0 Å². The van der Waals surface area contributed by atoms with Gasteiger partial charge in [-0.25, -0.2) is 18.4 Å². The van der Waals surface area contributed by atoms with E-state index in [0.717, 1.165) is 17.7 Å². The summed E-state index contributed by atoms with van der Waals surface area (Å²) in [5.74, 6) is 1.08. The van der Waals surface area contributed by atoms with Gasteiger partial charge in [0.2, 0.25) is 0 Å². The minimum absolute atomic E-state index is 0.0108. The van der Waals surface area contributed by atoms with E-state index in [0.29, 0.717) is 0 Å². The van der Waals surface area contributed by atoms with Crippen molar-refractivity contribution in [2.45, 2.75) is 13.0 Å². The van der Waals surface area contributed by atoms with Gasteiger partial charge in [-0.15, -0.1) is 0 Å². The van der Waals surface area contributed by atoms with E-state index in [-0.39, 0.29) is 25.1 Å². The molecule has 0 aliphatic carbocycles. The van der Waals surface area contributed by atoms with E-state index in [2.05, 4.69) is 17.2 Å². The maximum absolute atomic E-state index is 13.5. The standard InChI is InChI=1S/C19H15F2NO4/c20-15-10-14(11-16(21)17(15)18(23)24)8-4-5-9-22-19(25)26-12-13-6-2-1-3-7-13/h1-3,6-7,10-11H,5,9,12H2,(H,22,25)(H,23,24). The Labute approximate surface area is 148 Å². The molecule has 7 heteroatoms. The molecule has 5 nitrogen and oxygen atoms in total. The first kappa shape index (κ1) is 18.9. The van der Waals surface area contributed by atoms with Gasteiger partial charge in [0, 0.05) is 18.5 Å². The van der Waals surface area contributed by atoms with E-state index in [4.69, 9.17) is 9.84 Å². The van der Waals surface area contributed by atoms with Gasteiger partial charge in [-0.1, -0.05) is 42.2 Å². The summed E-state index contributed by atoms with van der Waals surface area (Å²) in [4.78, 5) is 22.2. The Morgan fingerprint density at radius 2 is 1.77 bits per heavy atom. The molecular formula is C19H15F2NO4. The topological polar surface area (TPSA) is 75.6 Å². The minimum Gasteiger partial charge on any atom is -0.477 e. The van der Waals surface area contributed by atoms with Crippen molar-refractivity contribution in [3.8, 4) is 11.8 Å². The molecule has 0 atom stereocenters. The summed E-state index contributed by atoms with van der Waals surface area (Å²) < 4.78 is 32.0. The number of rotatable bonds is 5. The quantitative estimate of drug-likeness (QED) is 0.634. The minimum atomic E-state index is -1.68. The molecule has 0 saturated heterocycles. The van der Waals surface area contributed by atoms with Gasteiger partial charge in [-0.2, -0.15) is 0 Å². The van der Waals surface area contributed by atoms with Crippen LogP contribution in [0.3, 0.4) is 0 Å². The second-order valence-electron chi connectivity index (χ2n) is 5.16. The van der Waals surface area contributed by atoms with Crippen LogP contribution < -0.4 is 5.32 Å². The molecule has 2 rings (SSSR count). The van der Waals surface area contributed by atoms with E-state index >= 15 is 0 Å². The second kappa shape index (κ2) is 9.18. The maximum Gasteiger partial charge on any atom is 0.407 e. The van der Waals surface area contributed by atoms with Crippen LogP contribution in [0.15, 0.2) is 42.5 Å². The Morgan fingerprint density at radius 1 is 1.12 bits per heavy atom. The first-order valence-electron chi connectivity index (χ1n) is 7.63. The Balaban J connectivity index is 1.78. The highest BCUT2D eigenvalue weighted by Crippen LogP contribution is 2.14. The normalized spacial score (nSPS) is 9.77. The lowest BCUT2D eigenvalue weighted by molar-refractivity contribution is 0.0686. The van der Waals surface area contributed by atoms with Crippen molar-refractivity contribution in [2.24, 2.45) is 0 Å². The van der Waals surface area contributed by atoms with Gasteiger partial charge in [-0.3, -0.25) is 0 Å². The van der Waals surface area contributed by atoms with Crippen molar-refractivity contribution in [1.82, 2.24) is 5.32 Å². The summed E-state index contributed by atoms with van der Waals surface area (Å²) in [6.45, 7) is 0.339. The van der Waals surface area contributed by atoms with Crippen molar-refractivity contribution in [3.63, 3.8) is 0 Å². The van der Waals surface area contributed by atoms with E-state index < -0.39 is 29.3 Å². The van der Waals surface area contributed by atoms with E-state index in [1.54, 1.807) is 0 Å². The Kier molecular flexibility index (Phi) is 6.68. The van der Waals surface area contributed by atoms with Crippen LogP contribution in [0.2, 0.25) is 0 Å². The lowest BCUT2D eigenvalue weighted by Crippen LogP contribution is -2.24. The molecule has 0 heterocycles. The van der Waals surface area contributed by atoms with Crippen molar-refractivity contribution in [3.05, 3.63) is 70.8 Å². The van der Waals surface area contributed by atoms with Crippen molar-refractivity contribution >= 4 is 12.1 Å². The molecule has 0 aliphatic heterocycles. The van der Waals surface area contributed by atoms with Gasteiger partial charge in [0.25, 0.3) is 0 Å². The number of aromatic carboxylic acids is 1. The van der Waals surface area contributed by atoms with E-state index in [1.807, 2.05) is 30.3 Å². The predicted octanol–water partition coefficient (Wildman–Crippen LogP) is 3.33. The molecule has 0 fully saturated rings. The third-order valence-electron chi connectivity index (χ3n) is 3.22. The van der Waals surface area contributed by atoms with Gasteiger partial charge in [0.05, 0.1) is 0 Å². The van der Waals surface area contributed by atoms with Gasteiger partial charge >= 0.3 is 12.1 Å². The maximum atomic E-state index is 13.5. The summed E-state index contributed by atoms with van der Waals surface area (Å²) in [6.07, 6.45) is -0.372. The molecule has 134 valence electrons. The van der Waals surface area contributed by atoms with E-state index in [9.17, 15) is 18.4 Å². The van der Waals surface area contributed by atoms with Crippen LogP contribution >= 0.6 is 0 Å². The number of halogens is 2. The highest BCUT2D eigenvalue weighted by atomic mass is 19.1.